The third-order valence-corrected chi connectivity index (χ3v) is 6.40. The second kappa shape index (κ2) is 7.40. The Kier molecular flexibility index (Phi) is 6.05. The first-order valence-electron chi connectivity index (χ1n) is 8.22. The Morgan fingerprint density at radius 2 is 1.95 bits per heavy atom. The highest BCUT2D eigenvalue weighted by Crippen LogP contribution is 2.35. The molecule has 0 aromatic heterocycles. The lowest BCUT2D eigenvalue weighted by Crippen LogP contribution is -2.45. The molecule has 5 nitrogen and oxygen atoms in total. The van der Waals surface area contributed by atoms with Crippen molar-refractivity contribution in [3.8, 4) is 0 Å². The van der Waals surface area contributed by atoms with Crippen molar-refractivity contribution in [1.82, 2.24) is 9.62 Å². The summed E-state index contributed by atoms with van der Waals surface area (Å²) < 4.78 is 24.8. The summed E-state index contributed by atoms with van der Waals surface area (Å²) in [6.45, 7) is 3.28. The Morgan fingerprint density at radius 3 is 2.57 bits per heavy atom. The maximum Gasteiger partial charge on any atom is 0.211 e. The minimum absolute atomic E-state index is 0.0590. The molecule has 1 saturated heterocycles. The van der Waals surface area contributed by atoms with E-state index in [-0.39, 0.29) is 12.0 Å². The van der Waals surface area contributed by atoms with Crippen LogP contribution in [0.4, 0.5) is 0 Å². The summed E-state index contributed by atoms with van der Waals surface area (Å²) in [6, 6.07) is 0. The van der Waals surface area contributed by atoms with Crippen molar-refractivity contribution in [3.63, 3.8) is 0 Å². The number of nitrogens with zero attached hydrogens (tertiary/aromatic N) is 1. The highest BCUT2D eigenvalue weighted by molar-refractivity contribution is 7.88. The van der Waals surface area contributed by atoms with Gasteiger partial charge >= 0.3 is 0 Å². The van der Waals surface area contributed by atoms with Crippen molar-refractivity contribution in [1.29, 1.82) is 0 Å². The number of hydrogen-bond acceptors (Lipinski definition) is 4. The first-order valence-corrected chi connectivity index (χ1v) is 10.1. The van der Waals surface area contributed by atoms with Gasteiger partial charge in [-0.3, -0.25) is 0 Å². The van der Waals surface area contributed by atoms with Crippen LogP contribution in [0.3, 0.4) is 0 Å². The fraction of sp³-hybridized carbons (Fsp3) is 1.00. The van der Waals surface area contributed by atoms with Gasteiger partial charge in [-0.25, -0.2) is 12.7 Å². The molecule has 1 saturated carbocycles. The van der Waals surface area contributed by atoms with Crippen molar-refractivity contribution in [3.05, 3.63) is 0 Å². The van der Waals surface area contributed by atoms with Crippen LogP contribution in [0.2, 0.25) is 0 Å². The zero-order chi connectivity index (χ0) is 15.3. The van der Waals surface area contributed by atoms with Crippen LogP contribution < -0.4 is 5.32 Å². The average Bonchev–Trinajstić information content (AvgIpc) is 2.48. The van der Waals surface area contributed by atoms with Crippen LogP contribution >= 0.6 is 0 Å². The molecule has 1 aliphatic carbocycles. The zero-order valence-corrected chi connectivity index (χ0v) is 14.0. The molecule has 2 aliphatic rings. The molecule has 0 aromatic rings. The third kappa shape index (κ3) is 4.91. The van der Waals surface area contributed by atoms with Crippen molar-refractivity contribution < 1.29 is 13.5 Å². The van der Waals surface area contributed by atoms with E-state index in [0.29, 0.717) is 19.0 Å². The maximum absolute atomic E-state index is 11.6. The largest absolute Gasteiger partial charge is 0.396 e. The molecule has 21 heavy (non-hydrogen) atoms. The molecule has 0 spiro atoms. The Balaban J connectivity index is 1.77. The van der Waals surface area contributed by atoms with Gasteiger partial charge in [0.05, 0.1) is 6.26 Å². The molecule has 124 valence electrons. The molecule has 1 aliphatic heterocycles. The van der Waals surface area contributed by atoms with E-state index < -0.39 is 10.0 Å². The SMILES string of the molecule is CS(=O)(=O)N1CCCC(CNCC2(CO)CCCCC2)C1. The Labute approximate surface area is 129 Å². The molecular formula is C15H30N2O3S. The lowest BCUT2D eigenvalue weighted by molar-refractivity contribution is 0.0794. The molecule has 1 atom stereocenters. The van der Waals surface area contributed by atoms with E-state index in [1.54, 1.807) is 4.31 Å². The van der Waals surface area contributed by atoms with Crippen molar-refractivity contribution in [2.24, 2.45) is 11.3 Å². The van der Waals surface area contributed by atoms with Crippen LogP contribution in [0.15, 0.2) is 0 Å². The van der Waals surface area contributed by atoms with E-state index in [9.17, 15) is 13.5 Å². The average molecular weight is 318 g/mol. The van der Waals surface area contributed by atoms with Crippen LogP contribution in [0.1, 0.15) is 44.9 Å². The van der Waals surface area contributed by atoms with Gasteiger partial charge in [-0.15, -0.1) is 0 Å². The molecule has 2 fully saturated rings. The zero-order valence-electron chi connectivity index (χ0n) is 13.2. The van der Waals surface area contributed by atoms with Gasteiger partial charge in [0.1, 0.15) is 0 Å². The van der Waals surface area contributed by atoms with Gasteiger partial charge in [0.25, 0.3) is 0 Å². The van der Waals surface area contributed by atoms with E-state index in [1.807, 2.05) is 0 Å². The van der Waals surface area contributed by atoms with E-state index in [2.05, 4.69) is 5.32 Å². The minimum atomic E-state index is -3.06. The molecule has 1 unspecified atom stereocenters. The topological polar surface area (TPSA) is 69.6 Å². The lowest BCUT2D eigenvalue weighted by atomic mass is 9.74. The molecule has 6 heteroatoms. The number of hydrogen-bond donors (Lipinski definition) is 2. The molecule has 0 aromatic carbocycles. The van der Waals surface area contributed by atoms with E-state index >= 15 is 0 Å². The van der Waals surface area contributed by atoms with Gasteiger partial charge in [0.2, 0.25) is 10.0 Å². The minimum Gasteiger partial charge on any atom is -0.396 e. The molecule has 2 N–H and O–H groups in total. The lowest BCUT2D eigenvalue weighted by Gasteiger charge is -2.37. The van der Waals surface area contributed by atoms with Crippen LogP contribution in [0.25, 0.3) is 0 Å². The Hall–Kier alpha value is -0.170. The van der Waals surface area contributed by atoms with E-state index in [4.69, 9.17) is 0 Å². The fourth-order valence-electron chi connectivity index (χ4n) is 3.73. The summed E-state index contributed by atoms with van der Waals surface area (Å²) in [4.78, 5) is 0. The molecule has 2 rings (SSSR count). The first-order chi connectivity index (χ1) is 9.95. The number of nitrogens with one attached hydrogen (secondary N) is 1. The quantitative estimate of drug-likeness (QED) is 0.772. The Morgan fingerprint density at radius 1 is 1.24 bits per heavy atom. The Bertz CT molecular complexity index is 419. The summed E-state index contributed by atoms with van der Waals surface area (Å²) in [5, 5.41) is 13.2. The van der Waals surface area contributed by atoms with Gasteiger partial charge < -0.3 is 10.4 Å². The number of piperidine rings is 1. The molecule has 1 heterocycles. The number of aliphatic hydroxyl groups excluding tert-OH is 1. The highest BCUT2D eigenvalue weighted by Gasteiger charge is 2.31. The van der Waals surface area contributed by atoms with Gasteiger partial charge in [-0.2, -0.15) is 0 Å². The number of rotatable bonds is 6. The highest BCUT2D eigenvalue weighted by atomic mass is 32.2. The summed E-state index contributed by atoms with van der Waals surface area (Å²) in [7, 11) is -3.06. The van der Waals surface area contributed by atoms with Gasteiger partial charge in [0, 0.05) is 31.7 Å². The monoisotopic (exact) mass is 318 g/mol. The van der Waals surface area contributed by atoms with Crippen LogP contribution in [0, 0.1) is 11.3 Å². The molecule has 0 bridgehead atoms. The van der Waals surface area contributed by atoms with Crippen molar-refractivity contribution in [2.45, 2.75) is 44.9 Å². The van der Waals surface area contributed by atoms with E-state index in [0.717, 1.165) is 38.8 Å². The first kappa shape index (κ1) is 17.2. The molecule has 0 radical (unpaired) electrons. The fourth-order valence-corrected chi connectivity index (χ4v) is 4.67. The summed E-state index contributed by atoms with van der Waals surface area (Å²) >= 11 is 0. The van der Waals surface area contributed by atoms with Crippen molar-refractivity contribution >= 4 is 10.0 Å². The standard InChI is InChI=1S/C15H30N2O3S/c1-21(19,20)17-9-5-6-14(11-17)10-16-12-15(13-18)7-3-2-4-8-15/h14,16,18H,2-13H2,1H3. The normalized spacial score (nSPS) is 27.6. The summed E-state index contributed by atoms with van der Waals surface area (Å²) in [6.07, 6.45) is 9.27. The van der Waals surface area contributed by atoms with Crippen LogP contribution in [0.5, 0.6) is 0 Å². The van der Waals surface area contributed by atoms with Gasteiger partial charge in [-0.05, 0) is 38.1 Å². The van der Waals surface area contributed by atoms with E-state index in [1.165, 1.54) is 25.5 Å². The second-order valence-electron chi connectivity index (χ2n) is 6.98. The second-order valence-corrected chi connectivity index (χ2v) is 8.96. The summed E-state index contributed by atoms with van der Waals surface area (Å²) in [5.41, 5.74) is 0.0590. The number of sulfonamides is 1. The molecular weight excluding hydrogens is 288 g/mol. The summed E-state index contributed by atoms with van der Waals surface area (Å²) in [5.74, 6) is 0.396. The maximum atomic E-state index is 11.6. The third-order valence-electron chi connectivity index (χ3n) is 5.13. The van der Waals surface area contributed by atoms with Gasteiger partial charge in [-0.1, -0.05) is 19.3 Å². The van der Waals surface area contributed by atoms with Crippen LogP contribution in [-0.4, -0.2) is 56.9 Å². The number of aliphatic hydroxyl groups is 1. The predicted molar refractivity (Wildman–Crippen MR) is 84.6 cm³/mol. The van der Waals surface area contributed by atoms with Crippen LogP contribution in [-0.2, 0) is 10.0 Å². The smallest absolute Gasteiger partial charge is 0.211 e. The predicted octanol–water partition coefficient (Wildman–Crippen LogP) is 1.19. The molecule has 0 amide bonds. The van der Waals surface area contributed by atoms with Gasteiger partial charge in [0.15, 0.2) is 0 Å². The van der Waals surface area contributed by atoms with Crippen molar-refractivity contribution in [2.75, 3.05) is 39.0 Å².